The summed E-state index contributed by atoms with van der Waals surface area (Å²) >= 11 is 1.67. The van der Waals surface area contributed by atoms with Crippen molar-refractivity contribution in [3.8, 4) is 5.75 Å². The van der Waals surface area contributed by atoms with Crippen LogP contribution in [0.15, 0.2) is 29.2 Å². The van der Waals surface area contributed by atoms with E-state index in [0.717, 1.165) is 16.4 Å². The van der Waals surface area contributed by atoms with Gasteiger partial charge in [-0.15, -0.1) is 11.8 Å². The van der Waals surface area contributed by atoms with Gasteiger partial charge < -0.3 is 4.74 Å². The third-order valence-electron chi connectivity index (χ3n) is 3.69. The molecular weight excluding hydrogens is 310 g/mol. The highest BCUT2D eigenvalue weighted by atomic mass is 32.2. The Hall–Kier alpha value is -0.760. The van der Waals surface area contributed by atoms with Gasteiger partial charge in [-0.2, -0.15) is 8.42 Å². The molecule has 0 saturated carbocycles. The van der Waals surface area contributed by atoms with Crippen molar-refractivity contribution >= 4 is 21.9 Å². The van der Waals surface area contributed by atoms with Crippen molar-refractivity contribution in [3.05, 3.63) is 24.3 Å². The SMILES string of the molecule is CCC(CC1CSc2ccccc2OC1N)CS(=O)(=O)O. The summed E-state index contributed by atoms with van der Waals surface area (Å²) in [7, 11) is -3.95. The van der Waals surface area contributed by atoms with Crippen molar-refractivity contribution in [2.45, 2.75) is 30.9 Å². The van der Waals surface area contributed by atoms with E-state index in [1.165, 1.54) is 0 Å². The molecule has 0 amide bonds. The maximum atomic E-state index is 11.1. The third kappa shape index (κ3) is 4.88. The van der Waals surface area contributed by atoms with Crippen LogP contribution in [0.4, 0.5) is 0 Å². The Balaban J connectivity index is 2.04. The van der Waals surface area contributed by atoms with Gasteiger partial charge in [0.15, 0.2) is 6.23 Å². The number of hydrogen-bond acceptors (Lipinski definition) is 5. The number of thioether (sulfide) groups is 1. The Kier molecular flexibility index (Phi) is 5.54. The van der Waals surface area contributed by atoms with E-state index >= 15 is 0 Å². The van der Waals surface area contributed by atoms with E-state index in [4.69, 9.17) is 15.0 Å². The normalized spacial score (nSPS) is 23.8. The summed E-state index contributed by atoms with van der Waals surface area (Å²) in [6.45, 7) is 1.92. The summed E-state index contributed by atoms with van der Waals surface area (Å²) in [5.41, 5.74) is 6.11. The predicted octanol–water partition coefficient (Wildman–Crippen LogP) is 2.38. The van der Waals surface area contributed by atoms with Gasteiger partial charge in [0.05, 0.1) is 5.75 Å². The smallest absolute Gasteiger partial charge is 0.265 e. The minimum atomic E-state index is -3.95. The van der Waals surface area contributed by atoms with Crippen LogP contribution in [-0.4, -0.2) is 30.7 Å². The second-order valence-corrected chi connectivity index (χ2v) is 7.92. The zero-order valence-corrected chi connectivity index (χ0v) is 13.6. The van der Waals surface area contributed by atoms with E-state index in [1.54, 1.807) is 11.8 Å². The number of ether oxygens (including phenoxy) is 1. The minimum absolute atomic E-state index is 0.0501. The Morgan fingerprint density at radius 1 is 1.48 bits per heavy atom. The van der Waals surface area contributed by atoms with Crippen molar-refractivity contribution in [2.75, 3.05) is 11.5 Å². The highest BCUT2D eigenvalue weighted by molar-refractivity contribution is 7.99. The summed E-state index contributed by atoms with van der Waals surface area (Å²) in [5, 5.41) is 0. The first-order valence-corrected chi connectivity index (χ1v) is 9.57. The van der Waals surface area contributed by atoms with E-state index in [9.17, 15) is 8.42 Å². The number of rotatable bonds is 5. The molecule has 21 heavy (non-hydrogen) atoms. The first kappa shape index (κ1) is 16.6. The maximum absolute atomic E-state index is 11.1. The molecule has 1 aliphatic heterocycles. The standard InChI is InChI=1S/C14H21NO4S2/c1-2-10(9-21(16,17)18)7-11-8-20-13-6-4-3-5-12(13)19-14(11)15/h3-6,10-11,14H,2,7-9,15H2,1H3,(H,16,17,18). The molecule has 0 bridgehead atoms. The lowest BCUT2D eigenvalue weighted by Gasteiger charge is -2.25. The number of para-hydroxylation sites is 1. The Morgan fingerprint density at radius 2 is 2.19 bits per heavy atom. The summed E-state index contributed by atoms with van der Waals surface area (Å²) < 4.78 is 36.9. The second kappa shape index (κ2) is 7.00. The Bertz CT molecular complexity index is 576. The van der Waals surface area contributed by atoms with Gasteiger partial charge in [-0.1, -0.05) is 25.5 Å². The average molecular weight is 331 g/mol. The fraction of sp³-hybridized carbons (Fsp3) is 0.571. The van der Waals surface area contributed by atoms with Crippen molar-refractivity contribution in [1.82, 2.24) is 0 Å². The molecule has 3 atom stereocenters. The molecule has 118 valence electrons. The molecule has 0 aliphatic carbocycles. The van der Waals surface area contributed by atoms with Crippen molar-refractivity contribution in [3.63, 3.8) is 0 Å². The van der Waals surface area contributed by atoms with Crippen LogP contribution in [0.3, 0.4) is 0 Å². The summed E-state index contributed by atoms with van der Waals surface area (Å²) in [6, 6.07) is 7.73. The molecular formula is C14H21NO4S2. The van der Waals surface area contributed by atoms with Crippen molar-refractivity contribution in [2.24, 2.45) is 17.6 Å². The second-order valence-electron chi connectivity index (χ2n) is 5.36. The van der Waals surface area contributed by atoms with Crippen LogP contribution in [0.1, 0.15) is 19.8 Å². The number of hydrogen-bond donors (Lipinski definition) is 2. The molecule has 1 heterocycles. The van der Waals surface area contributed by atoms with E-state index in [1.807, 2.05) is 31.2 Å². The lowest BCUT2D eigenvalue weighted by Crippen LogP contribution is -2.38. The Labute approximate surface area is 130 Å². The van der Waals surface area contributed by atoms with Gasteiger partial charge in [0, 0.05) is 16.6 Å². The molecule has 3 unspecified atom stereocenters. The first-order valence-electron chi connectivity index (χ1n) is 6.98. The number of benzene rings is 1. The molecule has 1 aromatic carbocycles. The molecule has 5 nitrogen and oxygen atoms in total. The molecule has 1 aromatic rings. The molecule has 0 saturated heterocycles. The van der Waals surface area contributed by atoms with Crippen LogP contribution in [-0.2, 0) is 10.1 Å². The molecule has 2 rings (SSSR count). The average Bonchev–Trinajstić information content (AvgIpc) is 2.56. The van der Waals surface area contributed by atoms with Crippen LogP contribution >= 0.6 is 11.8 Å². The van der Waals surface area contributed by atoms with Crippen molar-refractivity contribution in [1.29, 1.82) is 0 Å². The molecule has 0 fully saturated rings. The maximum Gasteiger partial charge on any atom is 0.265 e. The molecule has 1 aliphatic rings. The minimum Gasteiger partial charge on any atom is -0.474 e. The van der Waals surface area contributed by atoms with Gasteiger partial charge in [-0.3, -0.25) is 10.3 Å². The monoisotopic (exact) mass is 331 g/mol. The summed E-state index contributed by atoms with van der Waals surface area (Å²) in [6.07, 6.45) is 0.843. The van der Waals surface area contributed by atoms with Gasteiger partial charge in [-0.25, -0.2) is 0 Å². The largest absolute Gasteiger partial charge is 0.474 e. The summed E-state index contributed by atoms with van der Waals surface area (Å²) in [4.78, 5) is 1.05. The van der Waals surface area contributed by atoms with Crippen LogP contribution in [0.25, 0.3) is 0 Å². The number of fused-ring (bicyclic) bond motifs is 1. The fourth-order valence-electron chi connectivity index (χ4n) is 2.48. The zero-order valence-electron chi connectivity index (χ0n) is 11.9. The van der Waals surface area contributed by atoms with Gasteiger partial charge in [0.2, 0.25) is 0 Å². The highest BCUT2D eigenvalue weighted by Crippen LogP contribution is 2.37. The molecule has 7 heteroatoms. The topological polar surface area (TPSA) is 89.6 Å². The quantitative estimate of drug-likeness (QED) is 0.805. The first-order chi connectivity index (χ1) is 9.89. The molecule has 0 aromatic heterocycles. The molecule has 3 N–H and O–H groups in total. The third-order valence-corrected chi connectivity index (χ3v) is 5.83. The molecule has 0 radical (unpaired) electrons. The van der Waals surface area contributed by atoms with E-state index in [0.29, 0.717) is 12.8 Å². The van der Waals surface area contributed by atoms with Crippen LogP contribution < -0.4 is 10.5 Å². The highest BCUT2D eigenvalue weighted by Gasteiger charge is 2.28. The molecule has 0 spiro atoms. The van der Waals surface area contributed by atoms with Crippen molar-refractivity contribution < 1.29 is 17.7 Å². The van der Waals surface area contributed by atoms with Gasteiger partial charge >= 0.3 is 0 Å². The van der Waals surface area contributed by atoms with E-state index in [2.05, 4.69) is 0 Å². The van der Waals surface area contributed by atoms with Gasteiger partial charge in [0.25, 0.3) is 10.1 Å². The van der Waals surface area contributed by atoms with Crippen LogP contribution in [0.2, 0.25) is 0 Å². The van der Waals surface area contributed by atoms with Gasteiger partial charge in [0.1, 0.15) is 5.75 Å². The van der Waals surface area contributed by atoms with Crippen LogP contribution in [0, 0.1) is 11.8 Å². The lowest BCUT2D eigenvalue weighted by atomic mass is 9.94. The predicted molar refractivity (Wildman–Crippen MR) is 84.1 cm³/mol. The summed E-state index contributed by atoms with van der Waals surface area (Å²) in [5.74, 6) is 1.28. The zero-order chi connectivity index (χ0) is 15.5. The van der Waals surface area contributed by atoms with E-state index < -0.39 is 16.3 Å². The lowest BCUT2D eigenvalue weighted by molar-refractivity contribution is 0.135. The van der Waals surface area contributed by atoms with E-state index in [-0.39, 0.29) is 17.6 Å². The Morgan fingerprint density at radius 3 is 2.86 bits per heavy atom. The number of nitrogens with two attached hydrogens (primary N) is 1. The van der Waals surface area contributed by atoms with Gasteiger partial charge in [-0.05, 0) is 24.5 Å². The van der Waals surface area contributed by atoms with Crippen LogP contribution in [0.5, 0.6) is 5.75 Å². The fourth-order valence-corrected chi connectivity index (χ4v) is 4.60.